The van der Waals surface area contributed by atoms with Crippen molar-refractivity contribution in [2.75, 3.05) is 34.0 Å². The highest BCUT2D eigenvalue weighted by molar-refractivity contribution is 6.46. The van der Waals surface area contributed by atoms with E-state index in [1.807, 2.05) is 6.92 Å². The molecule has 174 valence electrons. The van der Waals surface area contributed by atoms with E-state index in [0.717, 1.165) is 0 Å². The van der Waals surface area contributed by atoms with Crippen LogP contribution in [-0.2, 0) is 9.59 Å². The lowest BCUT2D eigenvalue weighted by Gasteiger charge is -2.26. The van der Waals surface area contributed by atoms with Crippen LogP contribution in [-0.4, -0.2) is 55.7 Å². The summed E-state index contributed by atoms with van der Waals surface area (Å²) in [5.74, 6) is -0.150. The molecule has 2 aromatic carbocycles. The van der Waals surface area contributed by atoms with Gasteiger partial charge in [-0.1, -0.05) is 24.6 Å². The van der Waals surface area contributed by atoms with Crippen LogP contribution in [0.15, 0.2) is 35.9 Å². The Morgan fingerprint density at radius 3 is 2.45 bits per heavy atom. The van der Waals surface area contributed by atoms with E-state index in [9.17, 15) is 14.7 Å². The van der Waals surface area contributed by atoms with Gasteiger partial charge in [-0.25, -0.2) is 0 Å². The normalized spacial score (nSPS) is 19.0. The summed E-state index contributed by atoms with van der Waals surface area (Å²) in [7, 11) is 2.88. The predicted octanol–water partition coefficient (Wildman–Crippen LogP) is 3.96. The highest BCUT2D eigenvalue weighted by Gasteiger charge is 2.46. The molecule has 2 heterocycles. The quantitative estimate of drug-likeness (QED) is 0.385. The number of ketones is 1. The minimum atomic E-state index is -0.814. The number of aliphatic hydroxyl groups excluding tert-OH is 1. The molecule has 0 aliphatic carbocycles. The third-order valence-electron chi connectivity index (χ3n) is 5.62. The molecule has 1 fully saturated rings. The summed E-state index contributed by atoms with van der Waals surface area (Å²) in [5.41, 5.74) is 0.747. The van der Waals surface area contributed by atoms with Gasteiger partial charge >= 0.3 is 0 Å². The number of nitrogens with zero attached hydrogens (tertiary/aromatic N) is 1. The van der Waals surface area contributed by atoms with E-state index in [4.69, 9.17) is 30.5 Å². The number of hydrogen-bond acceptors (Lipinski definition) is 7. The molecular formula is C24H24ClNO7. The van der Waals surface area contributed by atoms with Gasteiger partial charge in [0.1, 0.15) is 30.5 Å². The standard InChI is InChI=1S/C24H24ClNO7/c1-4-7-26-21(13-5-6-16-19(10-13)33-9-8-32-16)20(23(28)24(26)29)22(27)14-11-15(25)18(31-3)12-17(14)30-2/h5-6,10-12,21,27H,4,7-9H2,1-3H3/b22-20+. The SMILES string of the molecule is CCCN1C(=O)C(=O)/C(=C(/O)c2cc(Cl)c(OC)cc2OC)C1c1ccc2c(c1)OCCO2. The Bertz CT molecular complexity index is 1140. The van der Waals surface area contributed by atoms with Gasteiger partial charge in [-0.05, 0) is 30.2 Å². The fourth-order valence-electron chi connectivity index (χ4n) is 4.12. The van der Waals surface area contributed by atoms with Gasteiger partial charge in [0.2, 0.25) is 0 Å². The molecule has 0 spiro atoms. The molecule has 2 aliphatic heterocycles. The number of fused-ring (bicyclic) bond motifs is 1. The molecule has 4 rings (SSSR count). The van der Waals surface area contributed by atoms with Crippen LogP contribution in [0, 0.1) is 0 Å². The predicted molar refractivity (Wildman–Crippen MR) is 121 cm³/mol. The second kappa shape index (κ2) is 9.23. The maximum Gasteiger partial charge on any atom is 0.295 e. The molecule has 1 saturated heterocycles. The molecule has 0 bridgehead atoms. The van der Waals surface area contributed by atoms with Crippen LogP contribution in [0.3, 0.4) is 0 Å². The van der Waals surface area contributed by atoms with E-state index < -0.39 is 17.7 Å². The summed E-state index contributed by atoms with van der Waals surface area (Å²) in [6, 6.07) is 7.38. The molecule has 8 nitrogen and oxygen atoms in total. The smallest absolute Gasteiger partial charge is 0.295 e. The first-order chi connectivity index (χ1) is 15.9. The van der Waals surface area contributed by atoms with E-state index in [-0.39, 0.29) is 27.7 Å². The van der Waals surface area contributed by atoms with Crippen molar-refractivity contribution >= 4 is 29.1 Å². The number of carbonyl (C=O) groups excluding carboxylic acids is 2. The molecule has 0 saturated carbocycles. The Morgan fingerprint density at radius 2 is 1.79 bits per heavy atom. The molecule has 9 heteroatoms. The van der Waals surface area contributed by atoms with E-state index in [1.54, 1.807) is 18.2 Å². The number of aliphatic hydroxyl groups is 1. The Hall–Kier alpha value is -3.39. The summed E-state index contributed by atoms with van der Waals surface area (Å²) in [6.07, 6.45) is 0.631. The number of Topliss-reactive ketones (excluding diaryl/α,β-unsaturated/α-hetero) is 1. The zero-order valence-electron chi connectivity index (χ0n) is 18.5. The summed E-state index contributed by atoms with van der Waals surface area (Å²) in [6.45, 7) is 3.08. The number of ether oxygens (including phenoxy) is 4. The first kappa shape index (κ1) is 22.8. The number of carbonyl (C=O) groups is 2. The number of hydrogen-bond donors (Lipinski definition) is 1. The molecule has 1 N–H and O–H groups in total. The molecular weight excluding hydrogens is 450 g/mol. The summed E-state index contributed by atoms with van der Waals surface area (Å²) >= 11 is 6.28. The Kier molecular flexibility index (Phi) is 6.37. The van der Waals surface area contributed by atoms with Crippen LogP contribution in [0.2, 0.25) is 5.02 Å². The third kappa shape index (κ3) is 3.95. The molecule has 1 atom stereocenters. The Morgan fingerprint density at radius 1 is 1.09 bits per heavy atom. The van der Waals surface area contributed by atoms with E-state index in [2.05, 4.69) is 0 Å². The average molecular weight is 474 g/mol. The van der Waals surface area contributed by atoms with Crippen molar-refractivity contribution in [1.82, 2.24) is 4.90 Å². The van der Waals surface area contributed by atoms with Crippen LogP contribution < -0.4 is 18.9 Å². The van der Waals surface area contributed by atoms with Crippen LogP contribution in [0.5, 0.6) is 23.0 Å². The van der Waals surface area contributed by atoms with Gasteiger partial charge in [-0.2, -0.15) is 0 Å². The van der Waals surface area contributed by atoms with Gasteiger partial charge in [0.15, 0.2) is 11.5 Å². The van der Waals surface area contributed by atoms with Gasteiger partial charge < -0.3 is 29.0 Å². The lowest BCUT2D eigenvalue weighted by atomic mass is 9.94. The van der Waals surface area contributed by atoms with Crippen molar-refractivity contribution in [3.05, 3.63) is 52.1 Å². The second-order valence-corrected chi connectivity index (χ2v) is 7.99. The zero-order chi connectivity index (χ0) is 23.7. The van der Waals surface area contributed by atoms with Crippen LogP contribution in [0.4, 0.5) is 0 Å². The van der Waals surface area contributed by atoms with Crippen molar-refractivity contribution in [3.8, 4) is 23.0 Å². The minimum absolute atomic E-state index is 0.0512. The van der Waals surface area contributed by atoms with Crippen LogP contribution in [0.25, 0.3) is 5.76 Å². The Balaban J connectivity index is 1.91. The largest absolute Gasteiger partial charge is 0.507 e. The maximum absolute atomic E-state index is 13.1. The van der Waals surface area contributed by atoms with E-state index >= 15 is 0 Å². The number of rotatable bonds is 6. The van der Waals surface area contributed by atoms with Gasteiger partial charge in [0.25, 0.3) is 11.7 Å². The fourth-order valence-corrected chi connectivity index (χ4v) is 4.36. The average Bonchev–Trinajstić information content (AvgIpc) is 3.08. The lowest BCUT2D eigenvalue weighted by molar-refractivity contribution is -0.139. The molecule has 2 aromatic rings. The number of likely N-dealkylation sites (tertiary alicyclic amines) is 1. The molecule has 1 amide bonds. The molecule has 0 aromatic heterocycles. The van der Waals surface area contributed by atoms with Crippen molar-refractivity contribution in [2.24, 2.45) is 0 Å². The highest BCUT2D eigenvalue weighted by atomic mass is 35.5. The fraction of sp³-hybridized carbons (Fsp3) is 0.333. The molecule has 0 radical (unpaired) electrons. The molecule has 1 unspecified atom stereocenters. The van der Waals surface area contributed by atoms with Crippen LogP contribution in [0.1, 0.15) is 30.5 Å². The number of amides is 1. The van der Waals surface area contributed by atoms with Crippen molar-refractivity contribution in [2.45, 2.75) is 19.4 Å². The second-order valence-electron chi connectivity index (χ2n) is 7.58. The van der Waals surface area contributed by atoms with E-state index in [1.165, 1.54) is 31.3 Å². The molecule has 33 heavy (non-hydrogen) atoms. The van der Waals surface area contributed by atoms with Gasteiger partial charge in [-0.3, -0.25) is 9.59 Å². The maximum atomic E-state index is 13.1. The molecule has 2 aliphatic rings. The first-order valence-electron chi connectivity index (χ1n) is 10.5. The number of benzene rings is 2. The van der Waals surface area contributed by atoms with Gasteiger partial charge in [0.05, 0.1) is 36.4 Å². The zero-order valence-corrected chi connectivity index (χ0v) is 19.3. The van der Waals surface area contributed by atoms with Crippen LogP contribution >= 0.6 is 11.6 Å². The minimum Gasteiger partial charge on any atom is -0.507 e. The topological polar surface area (TPSA) is 94.5 Å². The van der Waals surface area contributed by atoms with E-state index in [0.29, 0.717) is 49.0 Å². The summed E-state index contributed by atoms with van der Waals surface area (Å²) in [5, 5.41) is 11.5. The monoisotopic (exact) mass is 473 g/mol. The third-order valence-corrected chi connectivity index (χ3v) is 5.91. The van der Waals surface area contributed by atoms with Gasteiger partial charge in [-0.15, -0.1) is 0 Å². The Labute approximate surface area is 196 Å². The van der Waals surface area contributed by atoms with Crippen molar-refractivity contribution < 1.29 is 33.6 Å². The lowest BCUT2D eigenvalue weighted by Crippen LogP contribution is -2.30. The van der Waals surface area contributed by atoms with Crippen molar-refractivity contribution in [1.29, 1.82) is 0 Å². The number of methoxy groups -OCH3 is 2. The first-order valence-corrected chi connectivity index (χ1v) is 10.9. The highest BCUT2D eigenvalue weighted by Crippen LogP contribution is 2.44. The summed E-state index contributed by atoms with van der Waals surface area (Å²) < 4.78 is 21.9. The van der Waals surface area contributed by atoms with Crippen molar-refractivity contribution in [3.63, 3.8) is 0 Å². The van der Waals surface area contributed by atoms with Gasteiger partial charge in [0, 0.05) is 12.6 Å². The summed E-state index contributed by atoms with van der Waals surface area (Å²) in [4.78, 5) is 27.5. The number of halogens is 1.